The summed E-state index contributed by atoms with van der Waals surface area (Å²) in [5, 5.41) is 11.1. The van der Waals surface area contributed by atoms with Crippen LogP contribution in [-0.4, -0.2) is 35.0 Å². The van der Waals surface area contributed by atoms with Crippen molar-refractivity contribution in [1.82, 2.24) is 5.32 Å². The molecule has 4 nitrogen and oxygen atoms in total. The number of carbonyl (C=O) groups is 2. The maximum Gasteiger partial charge on any atom is 0.303 e. The summed E-state index contributed by atoms with van der Waals surface area (Å²) in [6, 6.07) is 0. The van der Waals surface area contributed by atoms with Crippen LogP contribution in [0.3, 0.4) is 0 Å². The average Bonchev–Trinajstić information content (AvgIpc) is 2.24. The van der Waals surface area contributed by atoms with E-state index in [0.717, 1.165) is 5.75 Å². The highest BCUT2D eigenvalue weighted by molar-refractivity contribution is 7.99. The van der Waals surface area contributed by atoms with Crippen molar-refractivity contribution < 1.29 is 14.7 Å². The van der Waals surface area contributed by atoms with Gasteiger partial charge in [-0.05, 0) is 12.8 Å². The minimum absolute atomic E-state index is 0.0216. The predicted octanol–water partition coefficient (Wildman–Crippen LogP) is 1.11. The second kappa shape index (κ2) is 10.4. The Morgan fingerprint density at radius 1 is 1.31 bits per heavy atom. The number of hydrogen-bond donors (Lipinski definition) is 2. The number of rotatable bonds is 9. The van der Waals surface area contributed by atoms with E-state index in [0.29, 0.717) is 31.6 Å². The molecule has 1 amide bonds. The van der Waals surface area contributed by atoms with Crippen LogP contribution < -0.4 is 5.32 Å². The minimum Gasteiger partial charge on any atom is -0.481 e. The van der Waals surface area contributed by atoms with E-state index in [2.05, 4.69) is 11.2 Å². The van der Waals surface area contributed by atoms with Gasteiger partial charge in [0, 0.05) is 25.1 Å². The first-order valence-electron chi connectivity index (χ1n) is 5.16. The molecule has 0 aromatic carbocycles. The molecule has 0 aliphatic carbocycles. The summed E-state index contributed by atoms with van der Waals surface area (Å²) in [6.07, 6.45) is 6.77. The van der Waals surface area contributed by atoms with E-state index in [9.17, 15) is 9.59 Å². The molecular formula is C11H17NO3S. The molecule has 0 spiro atoms. The van der Waals surface area contributed by atoms with Crippen LogP contribution >= 0.6 is 11.8 Å². The van der Waals surface area contributed by atoms with E-state index in [1.54, 1.807) is 11.8 Å². The average molecular weight is 243 g/mol. The van der Waals surface area contributed by atoms with Gasteiger partial charge in [-0.2, -0.15) is 0 Å². The van der Waals surface area contributed by atoms with E-state index >= 15 is 0 Å². The van der Waals surface area contributed by atoms with Gasteiger partial charge in [-0.1, -0.05) is 5.92 Å². The molecule has 2 N–H and O–H groups in total. The molecule has 0 radical (unpaired) electrons. The third kappa shape index (κ3) is 10.9. The van der Waals surface area contributed by atoms with Crippen molar-refractivity contribution in [1.29, 1.82) is 0 Å². The summed E-state index contributed by atoms with van der Waals surface area (Å²) in [4.78, 5) is 21.4. The summed E-state index contributed by atoms with van der Waals surface area (Å²) in [5.41, 5.74) is 0. The van der Waals surface area contributed by atoms with Crippen molar-refractivity contribution >= 4 is 23.6 Å². The van der Waals surface area contributed by atoms with Gasteiger partial charge in [-0.25, -0.2) is 0 Å². The summed E-state index contributed by atoms with van der Waals surface area (Å²) in [6.45, 7) is 0.615. The highest BCUT2D eigenvalue weighted by Crippen LogP contribution is 2.00. The van der Waals surface area contributed by atoms with Crippen molar-refractivity contribution in [3.63, 3.8) is 0 Å². The van der Waals surface area contributed by atoms with Crippen LogP contribution in [-0.2, 0) is 9.59 Å². The molecule has 90 valence electrons. The largest absolute Gasteiger partial charge is 0.481 e. The zero-order valence-electron chi connectivity index (χ0n) is 9.20. The topological polar surface area (TPSA) is 66.4 Å². The van der Waals surface area contributed by atoms with E-state index in [1.807, 2.05) is 0 Å². The standard InChI is InChI=1S/C11H17NO3S/c1-2-8-16-9-7-12-10(13)5-3-4-6-11(14)15/h1H,3-9H2,(H,12,13)(H,14,15). The summed E-state index contributed by atoms with van der Waals surface area (Å²) in [7, 11) is 0. The molecule has 0 heterocycles. The fourth-order valence-electron chi connectivity index (χ4n) is 1.04. The normalized spacial score (nSPS) is 9.44. The second-order valence-corrected chi connectivity index (χ2v) is 4.31. The van der Waals surface area contributed by atoms with Crippen molar-refractivity contribution in [2.24, 2.45) is 0 Å². The number of carboxylic acid groups (broad SMARTS) is 1. The van der Waals surface area contributed by atoms with Gasteiger partial charge in [0.1, 0.15) is 0 Å². The predicted molar refractivity (Wildman–Crippen MR) is 65.3 cm³/mol. The van der Waals surface area contributed by atoms with Gasteiger partial charge in [0.15, 0.2) is 0 Å². The Bertz CT molecular complexity index is 260. The van der Waals surface area contributed by atoms with Gasteiger partial charge < -0.3 is 10.4 Å². The molecule has 0 aromatic rings. The van der Waals surface area contributed by atoms with Crippen LogP contribution in [0.4, 0.5) is 0 Å². The molecule has 0 aliphatic rings. The SMILES string of the molecule is C#CCSCCNC(=O)CCCCC(=O)O. The van der Waals surface area contributed by atoms with Crippen LogP contribution in [0.15, 0.2) is 0 Å². The van der Waals surface area contributed by atoms with Crippen LogP contribution in [0.2, 0.25) is 0 Å². The van der Waals surface area contributed by atoms with Gasteiger partial charge in [-0.15, -0.1) is 18.2 Å². The van der Waals surface area contributed by atoms with Crippen LogP contribution in [0.5, 0.6) is 0 Å². The fourth-order valence-corrected chi connectivity index (χ4v) is 1.55. The highest BCUT2D eigenvalue weighted by Gasteiger charge is 2.01. The smallest absolute Gasteiger partial charge is 0.303 e. The number of unbranched alkanes of at least 4 members (excludes halogenated alkanes) is 1. The minimum atomic E-state index is -0.814. The number of aliphatic carboxylic acids is 1. The zero-order chi connectivity index (χ0) is 12.2. The maximum absolute atomic E-state index is 11.2. The van der Waals surface area contributed by atoms with Crippen LogP contribution in [0, 0.1) is 12.3 Å². The quantitative estimate of drug-likeness (QED) is 0.470. The van der Waals surface area contributed by atoms with E-state index < -0.39 is 5.97 Å². The lowest BCUT2D eigenvalue weighted by Gasteiger charge is -2.03. The fraction of sp³-hybridized carbons (Fsp3) is 0.636. The maximum atomic E-state index is 11.2. The van der Waals surface area contributed by atoms with Gasteiger partial charge in [0.25, 0.3) is 0 Å². The molecule has 0 rings (SSSR count). The Hall–Kier alpha value is -1.15. The molecule has 0 aromatic heterocycles. The third-order valence-corrected chi connectivity index (χ3v) is 2.66. The molecular weight excluding hydrogens is 226 g/mol. The zero-order valence-corrected chi connectivity index (χ0v) is 10.0. The molecule has 0 bridgehead atoms. The first-order chi connectivity index (χ1) is 7.66. The monoisotopic (exact) mass is 243 g/mol. The van der Waals surface area contributed by atoms with Crippen molar-refractivity contribution in [3.05, 3.63) is 0 Å². The lowest BCUT2D eigenvalue weighted by molar-refractivity contribution is -0.137. The van der Waals surface area contributed by atoms with Crippen molar-refractivity contribution in [3.8, 4) is 12.3 Å². The Kier molecular flexibility index (Phi) is 9.63. The molecule has 0 unspecified atom stereocenters. The molecule has 0 fully saturated rings. The van der Waals surface area contributed by atoms with Gasteiger partial charge in [0.05, 0.1) is 5.75 Å². The first kappa shape index (κ1) is 14.8. The molecule has 5 heteroatoms. The Balaban J connectivity index is 3.25. The van der Waals surface area contributed by atoms with Crippen LogP contribution in [0.1, 0.15) is 25.7 Å². The number of carbonyl (C=O) groups excluding carboxylic acids is 1. The molecule has 0 saturated heterocycles. The number of carboxylic acids is 1. The third-order valence-electron chi connectivity index (χ3n) is 1.80. The lowest BCUT2D eigenvalue weighted by Crippen LogP contribution is -2.25. The van der Waals surface area contributed by atoms with Crippen LogP contribution in [0.25, 0.3) is 0 Å². The van der Waals surface area contributed by atoms with Gasteiger partial charge in [0.2, 0.25) is 5.91 Å². The van der Waals surface area contributed by atoms with Crippen molar-refractivity contribution in [2.75, 3.05) is 18.1 Å². The molecule has 0 atom stereocenters. The number of terminal acetylenes is 1. The highest BCUT2D eigenvalue weighted by atomic mass is 32.2. The molecule has 16 heavy (non-hydrogen) atoms. The number of thioether (sulfide) groups is 1. The summed E-state index contributed by atoms with van der Waals surface area (Å²) >= 11 is 1.60. The van der Waals surface area contributed by atoms with E-state index in [4.69, 9.17) is 11.5 Å². The molecule has 0 aliphatic heterocycles. The lowest BCUT2D eigenvalue weighted by atomic mass is 10.2. The van der Waals surface area contributed by atoms with Crippen molar-refractivity contribution in [2.45, 2.75) is 25.7 Å². The Morgan fingerprint density at radius 2 is 2.00 bits per heavy atom. The summed E-state index contributed by atoms with van der Waals surface area (Å²) in [5.74, 6) is 3.14. The van der Waals surface area contributed by atoms with E-state index in [1.165, 1.54) is 0 Å². The Morgan fingerprint density at radius 3 is 2.62 bits per heavy atom. The van der Waals surface area contributed by atoms with Gasteiger partial charge in [-0.3, -0.25) is 9.59 Å². The number of hydrogen-bond acceptors (Lipinski definition) is 3. The Labute approximate surface area is 100 Å². The molecule has 0 saturated carbocycles. The van der Waals surface area contributed by atoms with E-state index in [-0.39, 0.29) is 12.3 Å². The van der Waals surface area contributed by atoms with Gasteiger partial charge >= 0.3 is 5.97 Å². The summed E-state index contributed by atoms with van der Waals surface area (Å²) < 4.78 is 0. The number of amides is 1. The second-order valence-electron chi connectivity index (χ2n) is 3.21. The first-order valence-corrected chi connectivity index (χ1v) is 6.32. The number of nitrogens with one attached hydrogen (secondary N) is 1.